The Kier molecular flexibility index (Phi) is 4.94. The fourth-order valence-corrected chi connectivity index (χ4v) is 5.32. The average Bonchev–Trinajstić information content (AvgIpc) is 3.20. The number of aliphatic imine (C=N–C) groups is 1. The number of nitrogens with zero attached hydrogens (tertiary/aromatic N) is 4. The molecule has 31 heavy (non-hydrogen) atoms. The second-order valence-corrected chi connectivity index (χ2v) is 9.11. The summed E-state index contributed by atoms with van der Waals surface area (Å²) in [5.74, 6) is 6.38. The van der Waals surface area contributed by atoms with Crippen molar-refractivity contribution in [2.24, 2.45) is 15.9 Å². The predicted octanol–water partition coefficient (Wildman–Crippen LogP) is 2.65. The molecule has 1 aliphatic carbocycles. The zero-order valence-corrected chi connectivity index (χ0v) is 18.0. The first-order chi connectivity index (χ1) is 15.0. The number of hydrogen-bond acceptors (Lipinski definition) is 7. The Morgan fingerprint density at radius 2 is 2.29 bits per heavy atom. The minimum absolute atomic E-state index is 0.230. The summed E-state index contributed by atoms with van der Waals surface area (Å²) in [7, 11) is 1.97. The molecule has 1 aromatic carbocycles. The number of alkyl halides is 1. The van der Waals surface area contributed by atoms with Crippen molar-refractivity contribution in [2.45, 2.75) is 50.0 Å². The van der Waals surface area contributed by atoms with Crippen LogP contribution in [-0.2, 0) is 17.8 Å². The number of hydrazone groups is 1. The van der Waals surface area contributed by atoms with Gasteiger partial charge >= 0.3 is 0 Å². The number of halogens is 1. The lowest BCUT2D eigenvalue weighted by molar-refractivity contribution is 0.0838. The van der Waals surface area contributed by atoms with Gasteiger partial charge < -0.3 is 15.3 Å². The first kappa shape index (κ1) is 20.3. The van der Waals surface area contributed by atoms with Crippen molar-refractivity contribution in [2.75, 3.05) is 26.9 Å². The van der Waals surface area contributed by atoms with E-state index < -0.39 is 0 Å². The highest BCUT2D eigenvalue weighted by Crippen LogP contribution is 2.55. The number of pyridine rings is 1. The van der Waals surface area contributed by atoms with Gasteiger partial charge in [-0.05, 0) is 62.6 Å². The van der Waals surface area contributed by atoms with Crippen molar-refractivity contribution in [3.05, 3.63) is 35.5 Å². The summed E-state index contributed by atoms with van der Waals surface area (Å²) >= 11 is 0. The van der Waals surface area contributed by atoms with E-state index in [0.29, 0.717) is 18.9 Å². The van der Waals surface area contributed by atoms with Crippen LogP contribution in [0.4, 0.5) is 4.39 Å². The Balaban J connectivity index is 1.32. The van der Waals surface area contributed by atoms with E-state index in [1.165, 1.54) is 5.56 Å². The van der Waals surface area contributed by atoms with Crippen LogP contribution in [0, 0.1) is 0 Å². The molecule has 1 unspecified atom stereocenters. The number of ether oxygens (including phenoxy) is 2. The molecule has 3 aliphatic heterocycles. The molecular weight excluding hydrogens is 397 g/mol. The second kappa shape index (κ2) is 7.53. The van der Waals surface area contributed by atoms with Gasteiger partial charge in [0.2, 0.25) is 0 Å². The minimum Gasteiger partial charge on any atom is -0.484 e. The molecule has 7 nitrogen and oxygen atoms in total. The largest absolute Gasteiger partial charge is 0.484 e. The molecule has 2 aromatic rings. The Morgan fingerprint density at radius 1 is 1.45 bits per heavy atom. The van der Waals surface area contributed by atoms with Crippen LogP contribution in [-0.4, -0.2) is 65.9 Å². The van der Waals surface area contributed by atoms with Crippen LogP contribution < -0.4 is 10.6 Å². The number of likely N-dealkylation sites (N-methyl/N-ethyl adjacent to an activating group) is 1. The zero-order chi connectivity index (χ0) is 21.6. The van der Waals surface area contributed by atoms with E-state index in [0.717, 1.165) is 48.0 Å². The van der Waals surface area contributed by atoms with E-state index >= 15 is 0 Å². The highest BCUT2D eigenvalue weighted by Gasteiger charge is 2.64. The van der Waals surface area contributed by atoms with Gasteiger partial charge in [0.05, 0.1) is 29.8 Å². The minimum atomic E-state index is -0.372. The number of aromatic nitrogens is 1. The second-order valence-electron chi connectivity index (χ2n) is 9.11. The van der Waals surface area contributed by atoms with Gasteiger partial charge in [-0.2, -0.15) is 5.10 Å². The molecule has 0 radical (unpaired) electrons. The van der Waals surface area contributed by atoms with Crippen LogP contribution in [0.25, 0.3) is 10.9 Å². The van der Waals surface area contributed by atoms with E-state index in [-0.39, 0.29) is 23.9 Å². The molecule has 6 rings (SSSR count). The highest BCUT2D eigenvalue weighted by molar-refractivity contribution is 6.32. The summed E-state index contributed by atoms with van der Waals surface area (Å²) in [6, 6.07) is 5.91. The summed E-state index contributed by atoms with van der Waals surface area (Å²) in [5.41, 5.74) is 3.35. The molecule has 0 amide bonds. The Morgan fingerprint density at radius 3 is 3.03 bits per heavy atom. The molecule has 1 saturated carbocycles. The quantitative estimate of drug-likeness (QED) is 0.437. The predicted molar refractivity (Wildman–Crippen MR) is 119 cm³/mol. The number of benzene rings is 1. The molecule has 2 N–H and O–H groups in total. The van der Waals surface area contributed by atoms with Gasteiger partial charge in [0.1, 0.15) is 24.2 Å². The van der Waals surface area contributed by atoms with Crippen molar-refractivity contribution in [1.82, 2.24) is 9.88 Å². The summed E-state index contributed by atoms with van der Waals surface area (Å²) in [6.45, 7) is 3.65. The van der Waals surface area contributed by atoms with Gasteiger partial charge in [0, 0.05) is 24.3 Å². The SMILES string of the molecule is CC(Oc1ccc2ncc3c(c2c1)CCOC3)/C(C=NC12CN(C)C(CF)(C1)C2)=N/N. The smallest absolute Gasteiger partial charge is 0.141 e. The maximum Gasteiger partial charge on any atom is 0.141 e. The van der Waals surface area contributed by atoms with Crippen molar-refractivity contribution >= 4 is 22.8 Å². The fraction of sp³-hybridized carbons (Fsp3) is 0.522. The van der Waals surface area contributed by atoms with Crippen LogP contribution >= 0.6 is 0 Å². The lowest BCUT2D eigenvalue weighted by Crippen LogP contribution is -2.52. The van der Waals surface area contributed by atoms with Crippen LogP contribution in [0.2, 0.25) is 0 Å². The molecule has 2 saturated heterocycles. The summed E-state index contributed by atoms with van der Waals surface area (Å²) in [6.07, 6.45) is 5.57. The molecule has 3 fully saturated rings. The monoisotopic (exact) mass is 425 g/mol. The molecule has 4 heterocycles. The lowest BCUT2D eigenvalue weighted by atomic mass is 9.68. The van der Waals surface area contributed by atoms with Crippen molar-refractivity contribution < 1.29 is 13.9 Å². The fourth-order valence-electron chi connectivity index (χ4n) is 5.32. The van der Waals surface area contributed by atoms with Crippen LogP contribution in [0.3, 0.4) is 0 Å². The van der Waals surface area contributed by atoms with Gasteiger partial charge in [0.15, 0.2) is 0 Å². The molecule has 4 aliphatic rings. The maximum atomic E-state index is 13.4. The normalized spacial score (nSPS) is 29.2. The van der Waals surface area contributed by atoms with E-state index in [9.17, 15) is 4.39 Å². The third-order valence-corrected chi connectivity index (χ3v) is 7.05. The lowest BCUT2D eigenvalue weighted by Gasteiger charge is -2.43. The first-order valence-corrected chi connectivity index (χ1v) is 10.7. The van der Waals surface area contributed by atoms with E-state index in [4.69, 9.17) is 20.3 Å². The third-order valence-electron chi connectivity index (χ3n) is 7.05. The highest BCUT2D eigenvalue weighted by atomic mass is 19.1. The average molecular weight is 426 g/mol. The topological polar surface area (TPSA) is 85.3 Å². The Labute approximate surface area is 181 Å². The first-order valence-electron chi connectivity index (χ1n) is 10.7. The van der Waals surface area contributed by atoms with Crippen LogP contribution in [0.5, 0.6) is 5.75 Å². The summed E-state index contributed by atoms with van der Waals surface area (Å²) in [5, 5.41) is 5.00. The molecular formula is C23H28FN5O2. The van der Waals surface area contributed by atoms with E-state index in [1.54, 1.807) is 6.21 Å². The van der Waals surface area contributed by atoms with Crippen LogP contribution in [0.15, 0.2) is 34.5 Å². The van der Waals surface area contributed by atoms with Gasteiger partial charge in [-0.25, -0.2) is 4.39 Å². The molecule has 1 atom stereocenters. The van der Waals surface area contributed by atoms with Crippen molar-refractivity contribution in [1.29, 1.82) is 0 Å². The standard InChI is InChI=1S/C23H28FN5O2/c1-15(21(28-25)9-27-22-11-23(12-22,13-24)29(2)14-22)31-17-3-4-20-19(7-17)18-5-6-30-10-16(18)8-26-20/h3-4,7-9,15H,5-6,10-14,25H2,1-2H3/b27-9?,28-21+. The number of hydrogen-bond donors (Lipinski definition) is 1. The third kappa shape index (κ3) is 3.38. The van der Waals surface area contributed by atoms with E-state index in [2.05, 4.69) is 15.0 Å². The zero-order valence-electron chi connectivity index (χ0n) is 18.0. The van der Waals surface area contributed by atoms with E-state index in [1.807, 2.05) is 38.4 Å². The Hall–Kier alpha value is -2.58. The number of fused-ring (bicyclic) bond motifs is 4. The molecule has 1 aromatic heterocycles. The van der Waals surface area contributed by atoms with Gasteiger partial charge in [-0.1, -0.05) is 0 Å². The van der Waals surface area contributed by atoms with Crippen molar-refractivity contribution in [3.8, 4) is 5.75 Å². The van der Waals surface area contributed by atoms with Crippen molar-refractivity contribution in [3.63, 3.8) is 0 Å². The molecule has 8 heteroatoms. The maximum absolute atomic E-state index is 13.4. The van der Waals surface area contributed by atoms with Gasteiger partial charge in [0.25, 0.3) is 0 Å². The van der Waals surface area contributed by atoms with Crippen LogP contribution in [0.1, 0.15) is 30.9 Å². The molecule has 164 valence electrons. The number of nitrogens with two attached hydrogens (primary N) is 1. The number of rotatable bonds is 6. The van der Waals surface area contributed by atoms with Gasteiger partial charge in [-0.15, -0.1) is 0 Å². The Bertz CT molecular complexity index is 1060. The summed E-state index contributed by atoms with van der Waals surface area (Å²) in [4.78, 5) is 11.4. The summed E-state index contributed by atoms with van der Waals surface area (Å²) < 4.78 is 25.1. The molecule has 2 bridgehead atoms. The molecule has 0 spiro atoms. The van der Waals surface area contributed by atoms with Gasteiger partial charge in [-0.3, -0.25) is 14.9 Å².